The first kappa shape index (κ1) is 9.30. The zero-order valence-corrected chi connectivity index (χ0v) is 8.53. The van der Waals surface area contributed by atoms with Crippen molar-refractivity contribution < 1.29 is 5.11 Å². The number of aliphatic hydroxyl groups is 1. The van der Waals surface area contributed by atoms with E-state index < -0.39 is 6.10 Å². The van der Waals surface area contributed by atoms with E-state index in [4.69, 9.17) is 0 Å². The molecule has 1 N–H and O–H groups in total. The second-order valence-electron chi connectivity index (χ2n) is 3.03. The van der Waals surface area contributed by atoms with E-state index in [0.29, 0.717) is 5.69 Å². The third-order valence-electron chi connectivity index (χ3n) is 1.95. The molecule has 72 valence electrons. The van der Waals surface area contributed by atoms with Gasteiger partial charge in [-0.15, -0.1) is 11.3 Å². The Bertz CT molecular complexity index is 413. The Hall–Kier alpha value is -1.26. The highest BCUT2D eigenvalue weighted by molar-refractivity contribution is 7.10. The number of aliphatic hydroxyl groups excluding tert-OH is 1. The van der Waals surface area contributed by atoms with E-state index in [1.54, 1.807) is 23.6 Å². The van der Waals surface area contributed by atoms with Crippen LogP contribution in [0.5, 0.6) is 0 Å². The SMILES string of the molecule is Cc1cc(C(O)c2ccncn2)cs1. The fourth-order valence-corrected chi connectivity index (χ4v) is 1.96. The summed E-state index contributed by atoms with van der Waals surface area (Å²) in [5.74, 6) is 0. The van der Waals surface area contributed by atoms with Gasteiger partial charge in [0.15, 0.2) is 0 Å². The summed E-state index contributed by atoms with van der Waals surface area (Å²) in [7, 11) is 0. The van der Waals surface area contributed by atoms with Crippen molar-refractivity contribution in [2.45, 2.75) is 13.0 Å². The highest BCUT2D eigenvalue weighted by Gasteiger charge is 2.12. The quantitative estimate of drug-likeness (QED) is 0.816. The largest absolute Gasteiger partial charge is 0.382 e. The van der Waals surface area contributed by atoms with Crippen LogP contribution >= 0.6 is 11.3 Å². The van der Waals surface area contributed by atoms with Gasteiger partial charge in [-0.3, -0.25) is 0 Å². The van der Waals surface area contributed by atoms with Gasteiger partial charge in [0.05, 0.1) is 5.69 Å². The molecule has 0 amide bonds. The molecule has 3 nitrogen and oxygen atoms in total. The molecule has 2 aromatic rings. The molecule has 4 heteroatoms. The van der Waals surface area contributed by atoms with Crippen LogP contribution in [0.2, 0.25) is 0 Å². The normalized spacial score (nSPS) is 12.7. The summed E-state index contributed by atoms with van der Waals surface area (Å²) in [5, 5.41) is 11.9. The van der Waals surface area contributed by atoms with Crippen LogP contribution < -0.4 is 0 Å². The summed E-state index contributed by atoms with van der Waals surface area (Å²) in [6.07, 6.45) is 2.44. The molecule has 0 aliphatic carbocycles. The minimum absolute atomic E-state index is 0.636. The third kappa shape index (κ3) is 1.81. The summed E-state index contributed by atoms with van der Waals surface area (Å²) in [5.41, 5.74) is 1.53. The first-order valence-electron chi connectivity index (χ1n) is 4.26. The number of aryl methyl sites for hydroxylation is 1. The zero-order chi connectivity index (χ0) is 9.97. The van der Waals surface area contributed by atoms with E-state index in [1.807, 2.05) is 18.4 Å². The molecule has 1 unspecified atom stereocenters. The molecule has 0 radical (unpaired) electrons. The van der Waals surface area contributed by atoms with Crippen LogP contribution in [0.4, 0.5) is 0 Å². The van der Waals surface area contributed by atoms with E-state index in [0.717, 1.165) is 5.56 Å². The lowest BCUT2D eigenvalue weighted by Crippen LogP contribution is -2.00. The van der Waals surface area contributed by atoms with Crippen LogP contribution in [0.15, 0.2) is 30.0 Å². The molecule has 0 saturated heterocycles. The summed E-state index contributed by atoms with van der Waals surface area (Å²) >= 11 is 1.62. The Balaban J connectivity index is 2.29. The minimum Gasteiger partial charge on any atom is -0.382 e. The molecule has 2 aromatic heterocycles. The molecule has 0 fully saturated rings. The van der Waals surface area contributed by atoms with Gasteiger partial charge in [-0.05, 0) is 30.0 Å². The van der Waals surface area contributed by atoms with E-state index >= 15 is 0 Å². The van der Waals surface area contributed by atoms with Gasteiger partial charge < -0.3 is 5.11 Å². The Labute approximate surface area is 86.1 Å². The lowest BCUT2D eigenvalue weighted by atomic mass is 10.1. The topological polar surface area (TPSA) is 46.0 Å². The Morgan fingerprint density at radius 1 is 1.50 bits per heavy atom. The summed E-state index contributed by atoms with van der Waals surface area (Å²) in [6, 6.07) is 3.69. The predicted octanol–water partition coefficient (Wildman–Crippen LogP) is 1.93. The molecule has 0 aromatic carbocycles. The van der Waals surface area contributed by atoms with E-state index in [2.05, 4.69) is 9.97 Å². The second-order valence-corrected chi connectivity index (χ2v) is 4.14. The van der Waals surface area contributed by atoms with E-state index in [9.17, 15) is 5.11 Å². The van der Waals surface area contributed by atoms with Gasteiger partial charge in [0.2, 0.25) is 0 Å². The van der Waals surface area contributed by atoms with Gasteiger partial charge in [-0.1, -0.05) is 0 Å². The van der Waals surface area contributed by atoms with Crippen molar-refractivity contribution in [1.82, 2.24) is 9.97 Å². The summed E-state index contributed by atoms with van der Waals surface area (Å²) < 4.78 is 0. The molecule has 0 bridgehead atoms. The van der Waals surface area contributed by atoms with Crippen molar-refractivity contribution in [1.29, 1.82) is 0 Å². The van der Waals surface area contributed by atoms with Crippen LogP contribution in [0.3, 0.4) is 0 Å². The maximum Gasteiger partial charge on any atom is 0.122 e. The molecular formula is C10H10N2OS. The highest BCUT2D eigenvalue weighted by Crippen LogP contribution is 2.24. The molecule has 0 spiro atoms. The first-order chi connectivity index (χ1) is 6.77. The monoisotopic (exact) mass is 206 g/mol. The maximum absolute atomic E-state index is 9.92. The fourth-order valence-electron chi connectivity index (χ4n) is 1.24. The molecule has 14 heavy (non-hydrogen) atoms. The van der Waals surface area contributed by atoms with Crippen LogP contribution in [-0.4, -0.2) is 15.1 Å². The zero-order valence-electron chi connectivity index (χ0n) is 7.71. The minimum atomic E-state index is -0.636. The van der Waals surface area contributed by atoms with Crippen molar-refractivity contribution in [3.8, 4) is 0 Å². The van der Waals surface area contributed by atoms with Gasteiger partial charge in [-0.2, -0.15) is 0 Å². The van der Waals surface area contributed by atoms with Crippen LogP contribution in [-0.2, 0) is 0 Å². The van der Waals surface area contributed by atoms with Gasteiger partial charge in [0.25, 0.3) is 0 Å². The standard InChI is InChI=1S/C10H10N2OS/c1-7-4-8(5-14-7)10(13)9-2-3-11-6-12-9/h2-6,10,13H,1H3. The molecule has 0 aliphatic heterocycles. The number of rotatable bonds is 2. The van der Waals surface area contributed by atoms with Gasteiger partial charge in [-0.25, -0.2) is 9.97 Å². The fraction of sp³-hybridized carbons (Fsp3) is 0.200. The molecule has 0 saturated carbocycles. The molecular weight excluding hydrogens is 196 g/mol. The van der Waals surface area contributed by atoms with Crippen molar-refractivity contribution in [2.24, 2.45) is 0 Å². The first-order valence-corrected chi connectivity index (χ1v) is 5.14. The lowest BCUT2D eigenvalue weighted by molar-refractivity contribution is 0.215. The van der Waals surface area contributed by atoms with Crippen LogP contribution in [0.25, 0.3) is 0 Å². The smallest absolute Gasteiger partial charge is 0.122 e. The summed E-state index contributed by atoms with van der Waals surface area (Å²) in [6.45, 7) is 2.01. The Kier molecular flexibility index (Phi) is 2.56. The molecule has 2 rings (SSSR count). The highest BCUT2D eigenvalue weighted by atomic mass is 32.1. The van der Waals surface area contributed by atoms with E-state index in [-0.39, 0.29) is 0 Å². The van der Waals surface area contributed by atoms with Crippen molar-refractivity contribution in [3.63, 3.8) is 0 Å². The average molecular weight is 206 g/mol. The van der Waals surface area contributed by atoms with Gasteiger partial charge >= 0.3 is 0 Å². The van der Waals surface area contributed by atoms with Crippen LogP contribution in [0.1, 0.15) is 22.2 Å². The van der Waals surface area contributed by atoms with Crippen molar-refractivity contribution >= 4 is 11.3 Å². The second kappa shape index (κ2) is 3.86. The number of aromatic nitrogens is 2. The number of thiophene rings is 1. The summed E-state index contributed by atoms with van der Waals surface area (Å²) in [4.78, 5) is 9.00. The van der Waals surface area contributed by atoms with E-state index in [1.165, 1.54) is 11.2 Å². The average Bonchev–Trinajstić information content (AvgIpc) is 2.65. The maximum atomic E-state index is 9.92. The number of hydrogen-bond acceptors (Lipinski definition) is 4. The van der Waals surface area contributed by atoms with Crippen molar-refractivity contribution in [2.75, 3.05) is 0 Å². The Morgan fingerprint density at radius 2 is 2.36 bits per heavy atom. The Morgan fingerprint density at radius 3 is 2.93 bits per heavy atom. The molecule has 1 atom stereocenters. The third-order valence-corrected chi connectivity index (χ3v) is 2.83. The number of hydrogen-bond donors (Lipinski definition) is 1. The van der Waals surface area contributed by atoms with Gasteiger partial charge in [0.1, 0.15) is 12.4 Å². The number of nitrogens with zero attached hydrogens (tertiary/aromatic N) is 2. The predicted molar refractivity (Wildman–Crippen MR) is 55.1 cm³/mol. The lowest BCUT2D eigenvalue weighted by Gasteiger charge is -2.06. The molecule has 2 heterocycles. The van der Waals surface area contributed by atoms with Crippen LogP contribution in [0, 0.1) is 6.92 Å². The molecule has 0 aliphatic rings. The van der Waals surface area contributed by atoms with Gasteiger partial charge in [0, 0.05) is 11.1 Å². The van der Waals surface area contributed by atoms with Crippen molar-refractivity contribution in [3.05, 3.63) is 46.2 Å².